The van der Waals surface area contributed by atoms with Gasteiger partial charge in [-0.1, -0.05) is 30.3 Å². The lowest BCUT2D eigenvalue weighted by molar-refractivity contribution is 0.0709. The number of nitrogens with one attached hydrogen (secondary N) is 1. The average Bonchev–Trinajstić information content (AvgIpc) is 3.27. The van der Waals surface area contributed by atoms with Gasteiger partial charge in [0.05, 0.1) is 0 Å². The summed E-state index contributed by atoms with van der Waals surface area (Å²) in [5.41, 5.74) is 6.51. The molecule has 2 fully saturated rings. The molecule has 2 aliphatic carbocycles. The van der Waals surface area contributed by atoms with Crippen LogP contribution in [0.25, 0.3) is 0 Å². The van der Waals surface area contributed by atoms with Crippen molar-refractivity contribution in [2.24, 2.45) is 11.7 Å². The average molecular weight is 288 g/mol. The molecule has 2 saturated carbocycles. The van der Waals surface area contributed by atoms with Crippen molar-refractivity contribution in [1.29, 1.82) is 0 Å². The minimum Gasteiger partial charge on any atom is -0.446 e. The molecule has 0 heterocycles. The first-order valence-corrected chi connectivity index (χ1v) is 7.97. The molecule has 1 aromatic carbocycles. The van der Waals surface area contributed by atoms with Gasteiger partial charge in [-0.2, -0.15) is 0 Å². The van der Waals surface area contributed by atoms with Crippen LogP contribution in [0.15, 0.2) is 30.3 Å². The highest BCUT2D eigenvalue weighted by atomic mass is 16.6. The molecule has 0 saturated heterocycles. The molecule has 21 heavy (non-hydrogen) atoms. The zero-order valence-corrected chi connectivity index (χ0v) is 12.3. The van der Waals surface area contributed by atoms with Gasteiger partial charge in [0.25, 0.3) is 0 Å². The van der Waals surface area contributed by atoms with Crippen molar-refractivity contribution in [3.8, 4) is 0 Å². The van der Waals surface area contributed by atoms with Gasteiger partial charge in [0, 0.05) is 12.0 Å². The van der Waals surface area contributed by atoms with E-state index in [0.29, 0.717) is 17.9 Å². The topological polar surface area (TPSA) is 64.4 Å². The predicted molar refractivity (Wildman–Crippen MR) is 82.0 cm³/mol. The third-order valence-electron chi connectivity index (χ3n) is 4.76. The van der Waals surface area contributed by atoms with Crippen LogP contribution in [0.2, 0.25) is 0 Å². The lowest BCUT2D eigenvalue weighted by atomic mass is 9.87. The molecule has 4 heteroatoms. The van der Waals surface area contributed by atoms with Crippen LogP contribution in [0.3, 0.4) is 0 Å². The molecule has 0 radical (unpaired) electrons. The first kappa shape index (κ1) is 14.4. The van der Waals surface area contributed by atoms with Crippen molar-refractivity contribution in [3.05, 3.63) is 35.9 Å². The molecule has 3 rings (SSSR count). The molecule has 1 amide bonds. The first-order valence-electron chi connectivity index (χ1n) is 7.97. The Morgan fingerprint density at radius 2 is 1.90 bits per heavy atom. The Balaban J connectivity index is 1.35. The van der Waals surface area contributed by atoms with Gasteiger partial charge in [0.2, 0.25) is 0 Å². The van der Waals surface area contributed by atoms with Gasteiger partial charge < -0.3 is 15.8 Å². The van der Waals surface area contributed by atoms with Crippen LogP contribution in [-0.2, 0) is 4.74 Å². The molecule has 0 spiro atoms. The van der Waals surface area contributed by atoms with Gasteiger partial charge in [-0.15, -0.1) is 0 Å². The van der Waals surface area contributed by atoms with Gasteiger partial charge in [-0.25, -0.2) is 4.79 Å². The van der Waals surface area contributed by atoms with Crippen molar-refractivity contribution in [2.45, 2.75) is 50.2 Å². The van der Waals surface area contributed by atoms with E-state index in [2.05, 4.69) is 35.6 Å². The van der Waals surface area contributed by atoms with E-state index in [-0.39, 0.29) is 6.10 Å². The van der Waals surface area contributed by atoms with E-state index < -0.39 is 6.09 Å². The van der Waals surface area contributed by atoms with Crippen LogP contribution in [-0.4, -0.2) is 24.8 Å². The van der Waals surface area contributed by atoms with E-state index in [0.717, 1.165) is 32.2 Å². The minimum absolute atomic E-state index is 0.0387. The fourth-order valence-electron chi connectivity index (χ4n) is 3.43. The fraction of sp³-hybridized carbons (Fsp3) is 0.588. The van der Waals surface area contributed by atoms with Gasteiger partial charge in [-0.3, -0.25) is 0 Å². The van der Waals surface area contributed by atoms with Crippen LogP contribution >= 0.6 is 0 Å². The smallest absolute Gasteiger partial charge is 0.404 e. The van der Waals surface area contributed by atoms with E-state index in [4.69, 9.17) is 10.5 Å². The molecular weight excluding hydrogens is 264 g/mol. The second kappa shape index (κ2) is 6.48. The highest BCUT2D eigenvalue weighted by Gasteiger charge is 2.38. The van der Waals surface area contributed by atoms with Gasteiger partial charge in [0.15, 0.2) is 0 Å². The lowest BCUT2D eigenvalue weighted by Crippen LogP contribution is -2.32. The van der Waals surface area contributed by atoms with Crippen LogP contribution in [0.1, 0.15) is 43.6 Å². The SMILES string of the molecule is NC(=O)O[C@H]1CC[C@H](CN[C@@H]2C[C@H]2c2ccccc2)CC1. The summed E-state index contributed by atoms with van der Waals surface area (Å²) >= 11 is 0. The Kier molecular flexibility index (Phi) is 4.44. The summed E-state index contributed by atoms with van der Waals surface area (Å²) in [6.07, 6.45) is 4.78. The monoisotopic (exact) mass is 288 g/mol. The Hall–Kier alpha value is -1.55. The molecule has 4 nitrogen and oxygen atoms in total. The summed E-state index contributed by atoms with van der Waals surface area (Å²) in [6.45, 7) is 1.08. The van der Waals surface area contributed by atoms with Crippen LogP contribution in [0.5, 0.6) is 0 Å². The number of carbonyl (C=O) groups is 1. The number of primary amides is 1. The number of carbonyl (C=O) groups excluding carboxylic acids is 1. The van der Waals surface area contributed by atoms with Crippen molar-refractivity contribution in [1.82, 2.24) is 5.32 Å². The second-order valence-corrected chi connectivity index (χ2v) is 6.35. The normalized spacial score (nSPS) is 31.6. The zero-order chi connectivity index (χ0) is 14.7. The highest BCUT2D eigenvalue weighted by molar-refractivity contribution is 5.64. The maximum Gasteiger partial charge on any atom is 0.404 e. The standard InChI is InChI=1S/C17H24N2O2/c18-17(20)21-14-8-6-12(7-9-14)11-19-16-10-15(16)13-4-2-1-3-5-13/h1-5,12,14-16,19H,6-11H2,(H2,18,20)/t12-,14-,15-,16+/m0/s1. The summed E-state index contributed by atoms with van der Waals surface area (Å²) in [4.78, 5) is 10.7. The number of rotatable bonds is 5. The van der Waals surface area contributed by atoms with Crippen LogP contribution in [0.4, 0.5) is 4.79 Å². The number of benzene rings is 1. The summed E-state index contributed by atoms with van der Waals surface area (Å²) in [7, 11) is 0. The van der Waals surface area contributed by atoms with Crippen LogP contribution in [0, 0.1) is 5.92 Å². The molecule has 2 atom stereocenters. The van der Waals surface area contributed by atoms with Crippen molar-refractivity contribution < 1.29 is 9.53 Å². The predicted octanol–water partition coefficient (Wildman–Crippen LogP) is 2.79. The molecule has 3 N–H and O–H groups in total. The third-order valence-corrected chi connectivity index (χ3v) is 4.76. The molecule has 114 valence electrons. The molecular formula is C17H24N2O2. The summed E-state index contributed by atoms with van der Waals surface area (Å²) < 4.78 is 5.07. The number of ether oxygens (including phenoxy) is 1. The van der Waals surface area contributed by atoms with E-state index >= 15 is 0 Å². The highest BCUT2D eigenvalue weighted by Crippen LogP contribution is 2.40. The number of hydrogen-bond acceptors (Lipinski definition) is 3. The molecule has 0 unspecified atom stereocenters. The number of hydrogen-bond donors (Lipinski definition) is 2. The summed E-state index contributed by atoms with van der Waals surface area (Å²) in [5.74, 6) is 1.40. The van der Waals surface area contributed by atoms with Crippen LogP contribution < -0.4 is 11.1 Å². The van der Waals surface area contributed by atoms with Crippen molar-refractivity contribution >= 4 is 6.09 Å². The third kappa shape index (κ3) is 3.97. The fourth-order valence-corrected chi connectivity index (χ4v) is 3.43. The molecule has 0 bridgehead atoms. The van der Waals surface area contributed by atoms with E-state index in [1.165, 1.54) is 12.0 Å². The zero-order valence-electron chi connectivity index (χ0n) is 12.3. The Labute approximate surface area is 126 Å². The Bertz CT molecular complexity index is 469. The van der Waals surface area contributed by atoms with Crippen molar-refractivity contribution in [2.75, 3.05) is 6.54 Å². The Morgan fingerprint density at radius 3 is 2.57 bits per heavy atom. The lowest BCUT2D eigenvalue weighted by Gasteiger charge is -2.28. The van der Waals surface area contributed by atoms with Crippen molar-refractivity contribution in [3.63, 3.8) is 0 Å². The minimum atomic E-state index is -0.639. The second-order valence-electron chi connectivity index (χ2n) is 6.35. The van der Waals surface area contributed by atoms with E-state index in [1.807, 2.05) is 0 Å². The van der Waals surface area contributed by atoms with Gasteiger partial charge >= 0.3 is 6.09 Å². The number of nitrogens with two attached hydrogens (primary N) is 1. The Morgan fingerprint density at radius 1 is 1.19 bits per heavy atom. The van der Waals surface area contributed by atoms with Gasteiger partial charge in [-0.05, 0) is 50.1 Å². The first-order chi connectivity index (χ1) is 10.2. The summed E-state index contributed by atoms with van der Waals surface area (Å²) in [6, 6.07) is 11.4. The van der Waals surface area contributed by atoms with E-state index in [1.54, 1.807) is 0 Å². The van der Waals surface area contributed by atoms with Gasteiger partial charge in [0.1, 0.15) is 6.10 Å². The largest absolute Gasteiger partial charge is 0.446 e. The molecule has 1 aromatic rings. The maximum absolute atomic E-state index is 10.7. The molecule has 2 aliphatic rings. The number of amides is 1. The molecule has 0 aromatic heterocycles. The molecule has 0 aliphatic heterocycles. The van der Waals surface area contributed by atoms with E-state index in [9.17, 15) is 4.79 Å². The summed E-state index contributed by atoms with van der Waals surface area (Å²) in [5, 5.41) is 3.70. The quantitative estimate of drug-likeness (QED) is 0.875. The maximum atomic E-state index is 10.7.